The standard InChI is InChI=1S/C13H17N5/c14-10-13(7-4-8-13)9-12-15-16-17-18(12)11-5-2-1-3-6-11/h1-3,5-6H,4,7-10,14H2. The van der Waals surface area contributed by atoms with Gasteiger partial charge in [-0.2, -0.15) is 4.68 Å². The van der Waals surface area contributed by atoms with Gasteiger partial charge in [-0.05, 0) is 47.4 Å². The summed E-state index contributed by atoms with van der Waals surface area (Å²) in [5, 5.41) is 12.0. The molecule has 1 aliphatic rings. The summed E-state index contributed by atoms with van der Waals surface area (Å²) in [5.74, 6) is 0.909. The Morgan fingerprint density at radius 3 is 2.61 bits per heavy atom. The molecule has 5 heteroatoms. The van der Waals surface area contributed by atoms with Crippen LogP contribution in [0.1, 0.15) is 25.1 Å². The third-order valence-corrected chi connectivity index (χ3v) is 3.92. The van der Waals surface area contributed by atoms with E-state index < -0.39 is 0 Å². The van der Waals surface area contributed by atoms with E-state index >= 15 is 0 Å². The van der Waals surface area contributed by atoms with Crippen molar-refractivity contribution < 1.29 is 0 Å². The molecule has 1 heterocycles. The predicted molar refractivity (Wildman–Crippen MR) is 68.2 cm³/mol. The van der Waals surface area contributed by atoms with Gasteiger partial charge < -0.3 is 5.73 Å². The monoisotopic (exact) mass is 243 g/mol. The lowest BCUT2D eigenvalue weighted by Gasteiger charge is -2.40. The maximum atomic E-state index is 5.90. The van der Waals surface area contributed by atoms with Crippen LogP contribution in [0.4, 0.5) is 0 Å². The number of tetrazole rings is 1. The molecule has 0 radical (unpaired) electrons. The summed E-state index contributed by atoms with van der Waals surface area (Å²) < 4.78 is 1.82. The minimum Gasteiger partial charge on any atom is -0.330 e. The van der Waals surface area contributed by atoms with Gasteiger partial charge in [-0.15, -0.1) is 5.10 Å². The molecule has 0 spiro atoms. The first-order chi connectivity index (χ1) is 8.83. The van der Waals surface area contributed by atoms with Crippen molar-refractivity contribution in [3.8, 4) is 5.69 Å². The smallest absolute Gasteiger partial charge is 0.157 e. The highest BCUT2D eigenvalue weighted by Crippen LogP contribution is 2.42. The van der Waals surface area contributed by atoms with Gasteiger partial charge in [0.15, 0.2) is 5.82 Å². The molecule has 0 amide bonds. The number of nitrogens with two attached hydrogens (primary N) is 1. The fourth-order valence-electron chi connectivity index (χ4n) is 2.55. The third kappa shape index (κ3) is 1.90. The number of nitrogens with zero attached hydrogens (tertiary/aromatic N) is 4. The second-order valence-electron chi connectivity index (χ2n) is 5.08. The van der Waals surface area contributed by atoms with Gasteiger partial charge in [-0.25, -0.2) is 0 Å². The molecule has 0 aliphatic heterocycles. The maximum absolute atomic E-state index is 5.90. The Hall–Kier alpha value is -1.75. The Labute approximate surface area is 106 Å². The van der Waals surface area contributed by atoms with E-state index in [1.807, 2.05) is 35.0 Å². The first-order valence-electron chi connectivity index (χ1n) is 6.36. The summed E-state index contributed by atoms with van der Waals surface area (Å²) in [5.41, 5.74) is 7.12. The molecule has 0 atom stereocenters. The zero-order chi connectivity index (χ0) is 12.4. The fraction of sp³-hybridized carbons (Fsp3) is 0.462. The van der Waals surface area contributed by atoms with Crippen LogP contribution in [0.2, 0.25) is 0 Å². The number of benzene rings is 1. The van der Waals surface area contributed by atoms with Crippen molar-refractivity contribution in [1.29, 1.82) is 0 Å². The number of para-hydroxylation sites is 1. The first kappa shape index (κ1) is 11.3. The molecule has 2 aromatic rings. The molecular formula is C13H17N5. The number of hydrogen-bond donors (Lipinski definition) is 1. The van der Waals surface area contributed by atoms with Crippen LogP contribution < -0.4 is 5.73 Å². The molecule has 1 aromatic heterocycles. The van der Waals surface area contributed by atoms with Crippen molar-refractivity contribution in [2.24, 2.45) is 11.1 Å². The molecule has 0 saturated heterocycles. The van der Waals surface area contributed by atoms with E-state index in [4.69, 9.17) is 5.73 Å². The van der Waals surface area contributed by atoms with E-state index in [2.05, 4.69) is 15.5 Å². The Morgan fingerprint density at radius 1 is 1.22 bits per heavy atom. The van der Waals surface area contributed by atoms with E-state index in [-0.39, 0.29) is 5.41 Å². The second kappa shape index (κ2) is 4.49. The van der Waals surface area contributed by atoms with Crippen LogP contribution in [0.25, 0.3) is 5.69 Å². The lowest BCUT2D eigenvalue weighted by Crippen LogP contribution is -2.39. The van der Waals surface area contributed by atoms with Crippen LogP contribution in [0.15, 0.2) is 30.3 Å². The van der Waals surface area contributed by atoms with Crippen molar-refractivity contribution in [1.82, 2.24) is 20.2 Å². The second-order valence-corrected chi connectivity index (χ2v) is 5.08. The van der Waals surface area contributed by atoms with Crippen LogP contribution in [-0.2, 0) is 6.42 Å². The van der Waals surface area contributed by atoms with Crippen LogP contribution in [0.3, 0.4) is 0 Å². The van der Waals surface area contributed by atoms with Crippen molar-refractivity contribution in [2.75, 3.05) is 6.54 Å². The highest BCUT2D eigenvalue weighted by atomic mass is 15.5. The molecule has 1 saturated carbocycles. The highest BCUT2D eigenvalue weighted by Gasteiger charge is 2.37. The quantitative estimate of drug-likeness (QED) is 0.879. The van der Waals surface area contributed by atoms with Gasteiger partial charge in [0.25, 0.3) is 0 Å². The largest absolute Gasteiger partial charge is 0.330 e. The lowest BCUT2D eigenvalue weighted by atomic mass is 9.66. The van der Waals surface area contributed by atoms with Gasteiger partial charge in [-0.1, -0.05) is 24.6 Å². The predicted octanol–water partition coefficient (Wildman–Crippen LogP) is 1.33. The van der Waals surface area contributed by atoms with Crippen LogP contribution in [-0.4, -0.2) is 26.8 Å². The average molecular weight is 243 g/mol. The zero-order valence-corrected chi connectivity index (χ0v) is 10.3. The van der Waals surface area contributed by atoms with E-state index in [1.165, 1.54) is 19.3 Å². The molecular weight excluding hydrogens is 226 g/mol. The minimum absolute atomic E-state index is 0.223. The number of rotatable bonds is 4. The van der Waals surface area contributed by atoms with Crippen LogP contribution in [0.5, 0.6) is 0 Å². The van der Waals surface area contributed by atoms with E-state index in [0.717, 1.165) is 17.9 Å². The summed E-state index contributed by atoms with van der Waals surface area (Å²) >= 11 is 0. The van der Waals surface area contributed by atoms with E-state index in [9.17, 15) is 0 Å². The van der Waals surface area contributed by atoms with Gasteiger partial charge >= 0.3 is 0 Å². The Kier molecular flexibility index (Phi) is 2.83. The lowest BCUT2D eigenvalue weighted by molar-refractivity contribution is 0.140. The van der Waals surface area contributed by atoms with Gasteiger partial charge in [0.1, 0.15) is 0 Å². The van der Waals surface area contributed by atoms with Gasteiger partial charge in [0.05, 0.1) is 5.69 Å². The molecule has 5 nitrogen and oxygen atoms in total. The van der Waals surface area contributed by atoms with Gasteiger partial charge in [-0.3, -0.25) is 0 Å². The summed E-state index contributed by atoms with van der Waals surface area (Å²) in [6, 6.07) is 9.98. The SMILES string of the molecule is NCC1(Cc2nnnn2-c2ccccc2)CCC1. The third-order valence-electron chi connectivity index (χ3n) is 3.92. The Morgan fingerprint density at radius 2 is 2.00 bits per heavy atom. The molecule has 1 aromatic carbocycles. The van der Waals surface area contributed by atoms with E-state index in [0.29, 0.717) is 6.54 Å². The van der Waals surface area contributed by atoms with Crippen molar-refractivity contribution >= 4 is 0 Å². The molecule has 0 bridgehead atoms. The topological polar surface area (TPSA) is 69.6 Å². The number of hydrogen-bond acceptors (Lipinski definition) is 4. The van der Waals surface area contributed by atoms with E-state index in [1.54, 1.807) is 0 Å². The summed E-state index contributed by atoms with van der Waals surface area (Å²) in [6.07, 6.45) is 4.51. The molecule has 1 aliphatic carbocycles. The zero-order valence-electron chi connectivity index (χ0n) is 10.3. The molecule has 94 valence electrons. The summed E-state index contributed by atoms with van der Waals surface area (Å²) in [4.78, 5) is 0. The molecule has 2 N–H and O–H groups in total. The molecule has 3 rings (SSSR count). The van der Waals surface area contributed by atoms with Crippen LogP contribution >= 0.6 is 0 Å². The van der Waals surface area contributed by atoms with Crippen LogP contribution in [0, 0.1) is 5.41 Å². The maximum Gasteiger partial charge on any atom is 0.157 e. The Balaban J connectivity index is 1.88. The summed E-state index contributed by atoms with van der Waals surface area (Å²) in [6.45, 7) is 0.717. The number of aromatic nitrogens is 4. The van der Waals surface area contributed by atoms with Gasteiger partial charge in [0, 0.05) is 6.42 Å². The molecule has 1 fully saturated rings. The molecule has 18 heavy (non-hydrogen) atoms. The minimum atomic E-state index is 0.223. The first-order valence-corrected chi connectivity index (χ1v) is 6.36. The molecule has 0 unspecified atom stereocenters. The van der Waals surface area contributed by atoms with Crippen molar-refractivity contribution in [2.45, 2.75) is 25.7 Å². The van der Waals surface area contributed by atoms with Gasteiger partial charge in [0.2, 0.25) is 0 Å². The Bertz CT molecular complexity index is 510. The van der Waals surface area contributed by atoms with Crippen molar-refractivity contribution in [3.05, 3.63) is 36.2 Å². The average Bonchev–Trinajstić information content (AvgIpc) is 2.83. The fourth-order valence-corrected chi connectivity index (χ4v) is 2.55. The summed E-state index contributed by atoms with van der Waals surface area (Å²) in [7, 11) is 0. The van der Waals surface area contributed by atoms with Crippen molar-refractivity contribution in [3.63, 3.8) is 0 Å². The highest BCUT2D eigenvalue weighted by molar-refractivity contribution is 5.30. The normalized spacial score (nSPS) is 17.4.